The third-order valence-corrected chi connectivity index (χ3v) is 9.78. The second-order valence-electron chi connectivity index (χ2n) is 9.91. The highest BCUT2D eigenvalue weighted by Crippen LogP contribution is 2.61. The maximum atomic E-state index is 13.1. The first-order chi connectivity index (χ1) is 14.3. The van der Waals surface area contributed by atoms with Gasteiger partial charge in [0, 0.05) is 6.04 Å². The second kappa shape index (κ2) is 7.10. The maximum Gasteiger partial charge on any atom is 0.240 e. The van der Waals surface area contributed by atoms with Gasteiger partial charge in [0.05, 0.1) is 4.90 Å². The topological polar surface area (TPSA) is 66.4 Å². The minimum Gasteiger partial charge on any atom is -0.508 e. The molecule has 2 aromatic rings. The highest BCUT2D eigenvalue weighted by Gasteiger charge is 2.55. The fraction of sp³-hybridized carbons (Fsp3) is 0.520. The summed E-state index contributed by atoms with van der Waals surface area (Å²) in [5.41, 5.74) is 3.68. The molecular formula is C25H31NO3S. The maximum absolute atomic E-state index is 13.1. The molecule has 5 rings (SSSR count). The third-order valence-electron chi connectivity index (χ3n) is 8.31. The number of fused-ring (bicyclic) bond motifs is 5. The van der Waals surface area contributed by atoms with Gasteiger partial charge < -0.3 is 5.11 Å². The summed E-state index contributed by atoms with van der Waals surface area (Å²) >= 11 is 0. The summed E-state index contributed by atoms with van der Waals surface area (Å²) < 4.78 is 29.3. The van der Waals surface area contributed by atoms with E-state index in [-0.39, 0.29) is 11.5 Å². The zero-order valence-electron chi connectivity index (χ0n) is 17.8. The Morgan fingerprint density at radius 1 is 1.07 bits per heavy atom. The Morgan fingerprint density at radius 2 is 1.90 bits per heavy atom. The van der Waals surface area contributed by atoms with Crippen LogP contribution in [0.4, 0.5) is 0 Å². The van der Waals surface area contributed by atoms with Crippen molar-refractivity contribution < 1.29 is 13.5 Å². The predicted octanol–water partition coefficient (Wildman–Crippen LogP) is 4.90. The summed E-state index contributed by atoms with van der Waals surface area (Å²) in [6.45, 7) is 4.24. The van der Waals surface area contributed by atoms with Crippen LogP contribution in [-0.4, -0.2) is 19.6 Å². The number of hydrogen-bond donors (Lipinski definition) is 2. The van der Waals surface area contributed by atoms with Crippen LogP contribution >= 0.6 is 0 Å². The summed E-state index contributed by atoms with van der Waals surface area (Å²) in [6.07, 6.45) is 6.29. The van der Waals surface area contributed by atoms with E-state index in [1.807, 2.05) is 31.2 Å². The van der Waals surface area contributed by atoms with Crippen LogP contribution in [0.15, 0.2) is 47.4 Å². The van der Waals surface area contributed by atoms with Gasteiger partial charge in [0.15, 0.2) is 0 Å². The number of phenols is 1. The van der Waals surface area contributed by atoms with Crippen LogP contribution in [0.2, 0.25) is 0 Å². The highest BCUT2D eigenvalue weighted by atomic mass is 32.2. The zero-order chi connectivity index (χ0) is 21.1. The average molecular weight is 426 g/mol. The lowest BCUT2D eigenvalue weighted by atomic mass is 9.55. The Balaban J connectivity index is 1.40. The van der Waals surface area contributed by atoms with Gasteiger partial charge >= 0.3 is 0 Å². The number of nitrogens with one attached hydrogen (secondary N) is 1. The van der Waals surface area contributed by atoms with Gasteiger partial charge in [-0.25, -0.2) is 13.1 Å². The van der Waals surface area contributed by atoms with Crippen molar-refractivity contribution in [3.63, 3.8) is 0 Å². The van der Waals surface area contributed by atoms with Gasteiger partial charge in [0.1, 0.15) is 5.75 Å². The number of benzene rings is 2. The van der Waals surface area contributed by atoms with Gasteiger partial charge in [0.2, 0.25) is 10.0 Å². The molecule has 0 bridgehead atoms. The first-order valence-corrected chi connectivity index (χ1v) is 12.7. The molecule has 2 saturated carbocycles. The molecule has 3 aliphatic carbocycles. The quantitative estimate of drug-likeness (QED) is 0.735. The van der Waals surface area contributed by atoms with E-state index in [2.05, 4.69) is 17.7 Å². The number of aryl methyl sites for hydroxylation is 2. The first-order valence-electron chi connectivity index (χ1n) is 11.2. The zero-order valence-corrected chi connectivity index (χ0v) is 18.6. The van der Waals surface area contributed by atoms with Gasteiger partial charge in [-0.15, -0.1) is 0 Å². The SMILES string of the molecule is Cc1cccc(S(=O)(=O)N[C@H]2CC[C@H]3[C@@H]4CCc5cc(O)ccc5[C@H]4CC[C@]23C)c1. The fourth-order valence-corrected chi connectivity index (χ4v) is 8.30. The molecule has 0 radical (unpaired) electrons. The molecule has 4 nitrogen and oxygen atoms in total. The summed E-state index contributed by atoms with van der Waals surface area (Å²) in [5, 5.41) is 9.86. The Hall–Kier alpha value is -1.85. The lowest BCUT2D eigenvalue weighted by Crippen LogP contribution is -2.50. The van der Waals surface area contributed by atoms with Crippen molar-refractivity contribution in [3.05, 3.63) is 59.2 Å². The highest BCUT2D eigenvalue weighted by molar-refractivity contribution is 7.89. The number of hydrogen-bond acceptors (Lipinski definition) is 3. The number of rotatable bonds is 3. The fourth-order valence-electron chi connectivity index (χ4n) is 6.80. The van der Waals surface area contributed by atoms with Crippen LogP contribution in [0, 0.1) is 24.2 Å². The molecule has 2 N–H and O–H groups in total. The molecular weight excluding hydrogens is 394 g/mol. The van der Waals surface area contributed by atoms with E-state index in [0.29, 0.717) is 28.4 Å². The van der Waals surface area contributed by atoms with Crippen molar-refractivity contribution >= 4 is 10.0 Å². The normalized spacial score (nSPS) is 32.9. The molecule has 0 spiro atoms. The molecule has 0 unspecified atom stereocenters. The minimum absolute atomic E-state index is 0.00447. The molecule has 0 aromatic heterocycles. The van der Waals surface area contributed by atoms with Crippen molar-refractivity contribution in [2.75, 3.05) is 0 Å². The minimum atomic E-state index is -3.52. The smallest absolute Gasteiger partial charge is 0.240 e. The second-order valence-corrected chi connectivity index (χ2v) is 11.6. The van der Waals surface area contributed by atoms with E-state index >= 15 is 0 Å². The van der Waals surface area contributed by atoms with Gasteiger partial charge in [-0.2, -0.15) is 0 Å². The van der Waals surface area contributed by atoms with E-state index in [9.17, 15) is 13.5 Å². The first kappa shape index (κ1) is 20.1. The van der Waals surface area contributed by atoms with Crippen LogP contribution in [-0.2, 0) is 16.4 Å². The van der Waals surface area contributed by atoms with Crippen molar-refractivity contribution in [3.8, 4) is 5.75 Å². The summed E-state index contributed by atoms with van der Waals surface area (Å²) in [6, 6.07) is 13.1. The van der Waals surface area contributed by atoms with Gasteiger partial charge in [0.25, 0.3) is 0 Å². The summed E-state index contributed by atoms with van der Waals surface area (Å²) in [4.78, 5) is 0.370. The third kappa shape index (κ3) is 3.18. The standard InChI is InChI=1S/C25H31NO3S/c1-16-4-3-5-19(14-16)30(28,29)26-24-11-10-23-22-8-6-17-15-18(27)7-9-20(17)21(22)12-13-25(23,24)2/h3-5,7,9,14-15,21-24,26-27H,6,8,10-13H2,1-2H3/t21-,22-,23+,24+,25+/m1/s1. The molecule has 5 heteroatoms. The Bertz CT molecular complexity index is 1080. The lowest BCUT2D eigenvalue weighted by Gasteiger charge is -2.51. The number of sulfonamides is 1. The van der Waals surface area contributed by atoms with Crippen LogP contribution in [0.25, 0.3) is 0 Å². The molecule has 30 heavy (non-hydrogen) atoms. The molecule has 160 valence electrons. The van der Waals surface area contributed by atoms with E-state index in [4.69, 9.17) is 0 Å². The van der Waals surface area contributed by atoms with Gasteiger partial charge in [-0.1, -0.05) is 25.1 Å². The van der Waals surface area contributed by atoms with Crippen LogP contribution < -0.4 is 4.72 Å². The molecule has 0 saturated heterocycles. The van der Waals surface area contributed by atoms with Crippen molar-refractivity contribution in [2.45, 2.75) is 69.2 Å². The molecule has 5 atom stereocenters. The van der Waals surface area contributed by atoms with E-state index < -0.39 is 10.0 Å². The number of aromatic hydroxyl groups is 1. The molecule has 3 aliphatic rings. The van der Waals surface area contributed by atoms with Crippen molar-refractivity contribution in [1.29, 1.82) is 0 Å². The van der Waals surface area contributed by atoms with E-state index in [1.165, 1.54) is 11.1 Å². The molecule has 0 heterocycles. The van der Waals surface area contributed by atoms with Gasteiger partial charge in [-0.3, -0.25) is 0 Å². The average Bonchev–Trinajstić information content (AvgIpc) is 3.03. The van der Waals surface area contributed by atoms with Crippen LogP contribution in [0.3, 0.4) is 0 Å². The van der Waals surface area contributed by atoms with Crippen LogP contribution in [0.1, 0.15) is 61.6 Å². The summed E-state index contributed by atoms with van der Waals surface area (Å²) in [5.74, 6) is 2.05. The number of phenolic OH excluding ortho intramolecular Hbond substituents is 1. The van der Waals surface area contributed by atoms with E-state index in [0.717, 1.165) is 44.1 Å². The lowest BCUT2D eigenvalue weighted by molar-refractivity contribution is 0.0462. The molecule has 2 fully saturated rings. The molecule has 0 amide bonds. The predicted molar refractivity (Wildman–Crippen MR) is 118 cm³/mol. The Kier molecular flexibility index (Phi) is 4.75. The largest absolute Gasteiger partial charge is 0.508 e. The monoisotopic (exact) mass is 425 g/mol. The van der Waals surface area contributed by atoms with Crippen LogP contribution in [0.5, 0.6) is 5.75 Å². The summed E-state index contributed by atoms with van der Waals surface area (Å²) in [7, 11) is -3.52. The Labute approximate surface area is 179 Å². The van der Waals surface area contributed by atoms with E-state index in [1.54, 1.807) is 12.1 Å². The van der Waals surface area contributed by atoms with Gasteiger partial charge in [-0.05, 0) is 110 Å². The van der Waals surface area contributed by atoms with Crippen molar-refractivity contribution in [2.24, 2.45) is 17.3 Å². The molecule has 0 aliphatic heterocycles. The van der Waals surface area contributed by atoms with Crippen molar-refractivity contribution in [1.82, 2.24) is 4.72 Å². The molecule has 2 aromatic carbocycles. The Morgan fingerprint density at radius 3 is 2.70 bits per heavy atom.